The van der Waals surface area contributed by atoms with Gasteiger partial charge in [0.05, 0.1) is 0 Å². The van der Waals surface area contributed by atoms with Crippen LogP contribution in [0.1, 0.15) is 44.5 Å². The lowest BCUT2D eigenvalue weighted by molar-refractivity contribution is 1.17. The second-order valence-corrected chi connectivity index (χ2v) is 2.39. The third kappa shape index (κ3) is 5.52. The van der Waals surface area contributed by atoms with Crippen LogP contribution in [0.5, 0.6) is 0 Å². The topological polar surface area (TPSA) is 12.9 Å². The minimum absolute atomic E-state index is 1.06. The molecule has 0 atom stereocenters. The van der Waals surface area contributed by atoms with Crippen molar-refractivity contribution in [3.05, 3.63) is 35.7 Å². The monoisotopic (exact) mass is 193 g/mol. The summed E-state index contributed by atoms with van der Waals surface area (Å²) in [6.45, 7) is 15.7. The molecule has 80 valence electrons. The van der Waals surface area contributed by atoms with Crippen LogP contribution in [-0.2, 0) is 0 Å². The molecule has 0 aliphatic heterocycles. The van der Waals surface area contributed by atoms with Crippen molar-refractivity contribution >= 4 is 6.08 Å². The Bertz CT molecular complexity index is 251. The molecule has 1 heterocycles. The highest BCUT2D eigenvalue weighted by Crippen LogP contribution is 2.07. The van der Waals surface area contributed by atoms with Gasteiger partial charge in [-0.1, -0.05) is 40.3 Å². The second kappa shape index (κ2) is 9.97. The summed E-state index contributed by atoms with van der Waals surface area (Å²) in [4.78, 5) is 4.14. The van der Waals surface area contributed by atoms with Crippen LogP contribution in [0.2, 0.25) is 0 Å². The minimum Gasteiger partial charge on any atom is -0.261 e. The number of pyridine rings is 1. The fourth-order valence-electron chi connectivity index (χ4n) is 0.921. The third-order valence-corrected chi connectivity index (χ3v) is 1.51. The number of nitrogens with zero attached hydrogens (tertiary/aromatic N) is 1. The maximum Gasteiger partial charge on any atom is 0.0375 e. The molecule has 1 aromatic heterocycles. The Balaban J connectivity index is 0. The average Bonchev–Trinajstić information content (AvgIpc) is 2.24. The Morgan fingerprint density at radius 2 is 1.64 bits per heavy atom. The Labute approximate surface area is 88.9 Å². The van der Waals surface area contributed by atoms with Gasteiger partial charge in [-0.05, 0) is 31.0 Å². The van der Waals surface area contributed by atoms with Gasteiger partial charge in [0.15, 0.2) is 0 Å². The Kier molecular flexibility index (Phi) is 10.9. The summed E-state index contributed by atoms with van der Waals surface area (Å²) in [7, 11) is 0. The molecule has 0 amide bonds. The molecule has 0 saturated heterocycles. The lowest BCUT2D eigenvalue weighted by atomic mass is 10.1. The van der Waals surface area contributed by atoms with Crippen LogP contribution in [0.25, 0.3) is 6.08 Å². The van der Waals surface area contributed by atoms with Gasteiger partial charge < -0.3 is 0 Å². The van der Waals surface area contributed by atoms with E-state index in [9.17, 15) is 0 Å². The normalized spacial score (nSPS) is 7.57. The smallest absolute Gasteiger partial charge is 0.0375 e. The average molecular weight is 193 g/mol. The number of aromatic nitrogens is 1. The molecule has 0 N–H and O–H groups in total. The molecule has 0 aromatic carbocycles. The van der Waals surface area contributed by atoms with Crippen molar-refractivity contribution in [2.45, 2.75) is 41.5 Å². The van der Waals surface area contributed by atoms with Crippen LogP contribution in [0, 0.1) is 13.8 Å². The van der Waals surface area contributed by atoms with E-state index in [0.717, 1.165) is 11.3 Å². The number of rotatable bonds is 1. The van der Waals surface area contributed by atoms with E-state index in [1.54, 1.807) is 0 Å². The van der Waals surface area contributed by atoms with E-state index in [4.69, 9.17) is 0 Å². The fraction of sp³-hybridized carbons (Fsp3) is 0.462. The second-order valence-electron chi connectivity index (χ2n) is 2.39. The largest absolute Gasteiger partial charge is 0.261 e. The molecule has 1 nitrogen and oxygen atoms in total. The van der Waals surface area contributed by atoms with E-state index in [2.05, 4.69) is 24.6 Å². The molecule has 0 spiro atoms. The first-order valence-electron chi connectivity index (χ1n) is 5.29. The van der Waals surface area contributed by atoms with Crippen molar-refractivity contribution in [1.82, 2.24) is 4.98 Å². The van der Waals surface area contributed by atoms with E-state index in [1.165, 1.54) is 5.56 Å². The standard InChI is InChI=1S/C9H11N.2C2H6/c1-4-9-6-10-8(3)5-7(9)2;2*1-2/h4-6H,1H2,2-3H3;2*1-2H3. The Morgan fingerprint density at radius 1 is 1.14 bits per heavy atom. The number of hydrogen-bond acceptors (Lipinski definition) is 1. The maximum absolute atomic E-state index is 4.14. The number of aryl methyl sites for hydroxylation is 2. The van der Waals surface area contributed by atoms with Gasteiger partial charge in [-0.25, -0.2) is 0 Å². The van der Waals surface area contributed by atoms with Gasteiger partial charge in [-0.3, -0.25) is 4.98 Å². The van der Waals surface area contributed by atoms with E-state index in [1.807, 2.05) is 46.9 Å². The molecular formula is C13H23N. The van der Waals surface area contributed by atoms with E-state index in [-0.39, 0.29) is 0 Å². The van der Waals surface area contributed by atoms with E-state index >= 15 is 0 Å². The van der Waals surface area contributed by atoms with Crippen molar-refractivity contribution in [2.24, 2.45) is 0 Å². The highest BCUT2D eigenvalue weighted by Gasteiger charge is 1.92. The lowest BCUT2D eigenvalue weighted by Crippen LogP contribution is -1.85. The van der Waals surface area contributed by atoms with Gasteiger partial charge in [0.1, 0.15) is 0 Å². The van der Waals surface area contributed by atoms with Crippen LogP contribution in [0.4, 0.5) is 0 Å². The zero-order chi connectivity index (χ0) is 11.6. The minimum atomic E-state index is 1.06. The molecule has 1 heteroatoms. The van der Waals surface area contributed by atoms with Crippen LogP contribution in [-0.4, -0.2) is 4.98 Å². The zero-order valence-electron chi connectivity index (χ0n) is 10.4. The Morgan fingerprint density at radius 3 is 2.00 bits per heavy atom. The fourth-order valence-corrected chi connectivity index (χ4v) is 0.921. The maximum atomic E-state index is 4.14. The lowest BCUT2D eigenvalue weighted by Gasteiger charge is -1.98. The van der Waals surface area contributed by atoms with Gasteiger partial charge in [-0.2, -0.15) is 0 Å². The van der Waals surface area contributed by atoms with Gasteiger partial charge in [-0.15, -0.1) is 0 Å². The first-order valence-corrected chi connectivity index (χ1v) is 5.29. The predicted molar refractivity (Wildman–Crippen MR) is 66.5 cm³/mol. The zero-order valence-corrected chi connectivity index (χ0v) is 10.4. The SMILES string of the molecule is C=Cc1cnc(C)cc1C.CC.CC. The summed E-state index contributed by atoms with van der Waals surface area (Å²) >= 11 is 0. The molecule has 0 unspecified atom stereocenters. The summed E-state index contributed by atoms with van der Waals surface area (Å²) in [5.74, 6) is 0. The summed E-state index contributed by atoms with van der Waals surface area (Å²) in [6.07, 6.45) is 3.67. The summed E-state index contributed by atoms with van der Waals surface area (Å²) in [6, 6.07) is 2.05. The van der Waals surface area contributed by atoms with Crippen molar-refractivity contribution in [3.63, 3.8) is 0 Å². The molecule has 0 saturated carbocycles. The van der Waals surface area contributed by atoms with Crippen molar-refractivity contribution in [1.29, 1.82) is 0 Å². The van der Waals surface area contributed by atoms with Crippen LogP contribution >= 0.6 is 0 Å². The van der Waals surface area contributed by atoms with Crippen LogP contribution < -0.4 is 0 Å². The predicted octanol–water partition coefficient (Wildman–Crippen LogP) is 4.39. The molecule has 0 aliphatic rings. The third-order valence-electron chi connectivity index (χ3n) is 1.51. The van der Waals surface area contributed by atoms with Crippen molar-refractivity contribution in [2.75, 3.05) is 0 Å². The summed E-state index contributed by atoms with van der Waals surface area (Å²) < 4.78 is 0. The molecule has 1 aromatic rings. The first-order chi connectivity index (χ1) is 6.74. The summed E-state index contributed by atoms with van der Waals surface area (Å²) in [5, 5.41) is 0. The van der Waals surface area contributed by atoms with Crippen molar-refractivity contribution in [3.8, 4) is 0 Å². The molecule has 0 bridgehead atoms. The summed E-state index contributed by atoms with van der Waals surface area (Å²) in [5.41, 5.74) is 3.41. The first kappa shape index (κ1) is 15.4. The Hall–Kier alpha value is -1.11. The highest BCUT2D eigenvalue weighted by molar-refractivity contribution is 5.50. The molecule has 0 fully saturated rings. The van der Waals surface area contributed by atoms with Crippen LogP contribution in [0.3, 0.4) is 0 Å². The quantitative estimate of drug-likeness (QED) is 0.644. The van der Waals surface area contributed by atoms with Gasteiger partial charge >= 0.3 is 0 Å². The number of hydrogen-bond donors (Lipinski definition) is 0. The molecular weight excluding hydrogens is 170 g/mol. The van der Waals surface area contributed by atoms with Gasteiger partial charge in [0, 0.05) is 11.9 Å². The molecule has 14 heavy (non-hydrogen) atoms. The van der Waals surface area contributed by atoms with Crippen molar-refractivity contribution < 1.29 is 0 Å². The van der Waals surface area contributed by atoms with E-state index in [0.29, 0.717) is 0 Å². The molecule has 1 rings (SSSR count). The van der Waals surface area contributed by atoms with Crippen LogP contribution in [0.15, 0.2) is 18.8 Å². The van der Waals surface area contributed by atoms with Gasteiger partial charge in [0.25, 0.3) is 0 Å². The molecule has 0 aliphatic carbocycles. The van der Waals surface area contributed by atoms with Gasteiger partial charge in [0.2, 0.25) is 0 Å². The molecule has 0 radical (unpaired) electrons. The van der Waals surface area contributed by atoms with E-state index < -0.39 is 0 Å². The highest BCUT2D eigenvalue weighted by atomic mass is 14.7.